The zero-order valence-electron chi connectivity index (χ0n) is 10.7. The summed E-state index contributed by atoms with van der Waals surface area (Å²) in [5.41, 5.74) is 3.19. The van der Waals surface area contributed by atoms with Gasteiger partial charge in [-0.25, -0.2) is 4.99 Å². The standard InChI is InChI=1S/C15H11ClN2O.HI/c1-18-8-2-3-12-14(18)9-13(17-15(12)19)10-4-6-11(16)7-5-10;/h2-9H,1H3;1H. The van der Waals surface area contributed by atoms with Gasteiger partial charge in [-0.1, -0.05) is 23.7 Å². The number of fused-ring (bicyclic) bond motifs is 1. The maximum Gasteiger partial charge on any atom is 0.283 e. The minimum Gasteiger partial charge on any atom is -1.00 e. The van der Waals surface area contributed by atoms with Crippen LogP contribution in [-0.4, -0.2) is 18.7 Å². The smallest absolute Gasteiger partial charge is 0.283 e. The fourth-order valence-electron chi connectivity index (χ4n) is 2.17. The highest BCUT2D eigenvalue weighted by atomic mass is 127. The molecule has 0 aliphatic carbocycles. The molecule has 0 saturated heterocycles. The molecule has 1 aromatic carbocycles. The highest BCUT2D eigenvalue weighted by molar-refractivity contribution is 6.30. The van der Waals surface area contributed by atoms with Gasteiger partial charge in [0.15, 0.2) is 5.70 Å². The first-order valence-corrected chi connectivity index (χ1v) is 6.36. The lowest BCUT2D eigenvalue weighted by Gasteiger charge is -2.20. The molecule has 0 bridgehead atoms. The molecule has 2 aliphatic heterocycles. The van der Waals surface area contributed by atoms with Crippen molar-refractivity contribution in [2.75, 3.05) is 7.05 Å². The predicted octanol–water partition coefficient (Wildman–Crippen LogP) is -1.47. The van der Waals surface area contributed by atoms with Crippen molar-refractivity contribution in [3.8, 4) is 0 Å². The Labute approximate surface area is 139 Å². The fraction of sp³-hybridized carbons (Fsp3) is 0.0667. The molecule has 102 valence electrons. The minimum atomic E-state index is -0.189. The molecule has 0 aromatic heterocycles. The summed E-state index contributed by atoms with van der Waals surface area (Å²) in [5.74, 6) is -0.189. The summed E-state index contributed by atoms with van der Waals surface area (Å²) in [6.07, 6.45) is 7.63. The van der Waals surface area contributed by atoms with Crippen LogP contribution in [0.3, 0.4) is 0 Å². The quantitative estimate of drug-likeness (QED) is 0.576. The monoisotopic (exact) mass is 398 g/mol. The van der Waals surface area contributed by atoms with Gasteiger partial charge in [-0.3, -0.25) is 9.69 Å². The Hall–Kier alpha value is -1.24. The number of quaternary nitrogens is 1. The average molecular weight is 399 g/mol. The number of nitrogens with one attached hydrogen (secondary N) is 1. The summed E-state index contributed by atoms with van der Waals surface area (Å²) < 4.78 is 0. The number of benzene rings is 1. The first-order chi connectivity index (χ1) is 9.15. The molecule has 1 aromatic rings. The van der Waals surface area contributed by atoms with Crippen LogP contribution in [-0.2, 0) is 4.79 Å². The van der Waals surface area contributed by atoms with E-state index in [1.54, 1.807) is 12.1 Å². The van der Waals surface area contributed by atoms with Crippen molar-refractivity contribution in [3.63, 3.8) is 0 Å². The van der Waals surface area contributed by atoms with E-state index >= 15 is 0 Å². The highest BCUT2D eigenvalue weighted by Crippen LogP contribution is 2.19. The third kappa shape index (κ3) is 2.77. The van der Waals surface area contributed by atoms with Crippen LogP contribution < -0.4 is 28.9 Å². The number of allylic oxidation sites excluding steroid dienone is 3. The number of rotatable bonds is 1. The van der Waals surface area contributed by atoms with Gasteiger partial charge in [0.05, 0.1) is 19.0 Å². The van der Waals surface area contributed by atoms with Crippen molar-refractivity contribution < 1.29 is 33.7 Å². The predicted molar refractivity (Wildman–Crippen MR) is 75.2 cm³/mol. The molecule has 3 nitrogen and oxygen atoms in total. The SMILES string of the molecule is C[NH+]1C=CC=C2C(=O)N=C(c3ccc(Cl)cc3)C=C21.[I-]. The maximum atomic E-state index is 12.1. The van der Waals surface area contributed by atoms with Crippen molar-refractivity contribution >= 4 is 23.2 Å². The van der Waals surface area contributed by atoms with Crippen LogP contribution in [0.4, 0.5) is 0 Å². The molecule has 1 unspecified atom stereocenters. The zero-order chi connectivity index (χ0) is 13.4. The van der Waals surface area contributed by atoms with Crippen LogP contribution in [0.5, 0.6) is 0 Å². The molecule has 0 saturated carbocycles. The van der Waals surface area contributed by atoms with Gasteiger partial charge in [0, 0.05) is 16.7 Å². The number of amides is 1. The van der Waals surface area contributed by atoms with E-state index in [0.717, 1.165) is 16.2 Å². The molecular formula is C15H12ClIN2O. The molecule has 0 spiro atoms. The van der Waals surface area contributed by atoms with Gasteiger partial charge in [0.2, 0.25) is 0 Å². The van der Waals surface area contributed by atoms with Gasteiger partial charge in [0.1, 0.15) is 5.57 Å². The summed E-state index contributed by atoms with van der Waals surface area (Å²) in [6.45, 7) is 0. The Morgan fingerprint density at radius 2 is 1.90 bits per heavy atom. The average Bonchev–Trinajstić information content (AvgIpc) is 2.41. The summed E-state index contributed by atoms with van der Waals surface area (Å²) in [5, 5.41) is 0.670. The van der Waals surface area contributed by atoms with Crippen LogP contribution in [0, 0.1) is 0 Å². The molecule has 2 heterocycles. The number of carbonyl (C=O) groups is 1. The number of likely N-dealkylation sites (N-methyl/N-ethyl adjacent to an activating group) is 1. The van der Waals surface area contributed by atoms with Crippen molar-refractivity contribution in [3.05, 3.63) is 70.5 Å². The molecule has 3 rings (SSSR count). The van der Waals surface area contributed by atoms with Crippen LogP contribution in [0.15, 0.2) is 65.0 Å². The normalized spacial score (nSPS) is 20.4. The minimum absolute atomic E-state index is 0. The number of nitrogens with zero attached hydrogens (tertiary/aromatic N) is 1. The summed E-state index contributed by atoms with van der Waals surface area (Å²) >= 11 is 5.87. The lowest BCUT2D eigenvalue weighted by Crippen LogP contribution is -3.03. The van der Waals surface area contributed by atoms with Crippen LogP contribution in [0.25, 0.3) is 0 Å². The van der Waals surface area contributed by atoms with Crippen molar-refractivity contribution in [1.82, 2.24) is 0 Å². The number of halogens is 2. The second-order valence-electron chi connectivity index (χ2n) is 4.49. The Morgan fingerprint density at radius 1 is 1.20 bits per heavy atom. The fourth-order valence-corrected chi connectivity index (χ4v) is 2.29. The summed E-state index contributed by atoms with van der Waals surface area (Å²) in [7, 11) is 1.99. The lowest BCUT2D eigenvalue weighted by molar-refractivity contribution is -0.779. The number of carbonyl (C=O) groups excluding carboxylic acids is 1. The Morgan fingerprint density at radius 3 is 2.60 bits per heavy atom. The van der Waals surface area contributed by atoms with Gasteiger partial charge in [-0.15, -0.1) is 0 Å². The molecule has 5 heteroatoms. The second kappa shape index (κ2) is 6.03. The Bertz CT molecular complexity index is 672. The van der Waals surface area contributed by atoms with E-state index in [-0.39, 0.29) is 29.9 Å². The zero-order valence-corrected chi connectivity index (χ0v) is 13.6. The molecule has 1 N–H and O–H groups in total. The van der Waals surface area contributed by atoms with E-state index in [1.807, 2.05) is 43.6 Å². The Balaban J connectivity index is 0.00000147. The van der Waals surface area contributed by atoms with E-state index in [9.17, 15) is 4.79 Å². The molecule has 1 amide bonds. The molecule has 20 heavy (non-hydrogen) atoms. The third-order valence-corrected chi connectivity index (χ3v) is 3.45. The number of hydrogen-bond acceptors (Lipinski definition) is 1. The van der Waals surface area contributed by atoms with E-state index in [4.69, 9.17) is 11.6 Å². The van der Waals surface area contributed by atoms with Crippen molar-refractivity contribution in [2.45, 2.75) is 0 Å². The van der Waals surface area contributed by atoms with Crippen molar-refractivity contribution in [1.29, 1.82) is 0 Å². The van der Waals surface area contributed by atoms with Crippen LogP contribution >= 0.6 is 11.6 Å². The molecular weight excluding hydrogens is 387 g/mol. The molecule has 2 aliphatic rings. The van der Waals surface area contributed by atoms with E-state index < -0.39 is 0 Å². The summed E-state index contributed by atoms with van der Waals surface area (Å²) in [4.78, 5) is 17.3. The highest BCUT2D eigenvalue weighted by Gasteiger charge is 2.27. The first-order valence-electron chi connectivity index (χ1n) is 5.98. The first kappa shape index (κ1) is 15.2. The molecule has 0 radical (unpaired) electrons. The van der Waals surface area contributed by atoms with Gasteiger partial charge in [-0.2, -0.15) is 0 Å². The number of aliphatic imine (C=N–C) groups is 1. The third-order valence-electron chi connectivity index (χ3n) is 3.20. The van der Waals surface area contributed by atoms with Crippen molar-refractivity contribution in [2.24, 2.45) is 4.99 Å². The largest absolute Gasteiger partial charge is 1.00 e. The second-order valence-corrected chi connectivity index (χ2v) is 4.93. The van der Waals surface area contributed by atoms with E-state index in [1.165, 1.54) is 0 Å². The Kier molecular flexibility index (Phi) is 4.57. The summed E-state index contributed by atoms with van der Waals surface area (Å²) in [6, 6.07) is 7.33. The number of hydrogen-bond donors (Lipinski definition) is 1. The maximum absolute atomic E-state index is 12.1. The topological polar surface area (TPSA) is 33.9 Å². The van der Waals surface area contributed by atoms with Gasteiger partial charge in [0.25, 0.3) is 5.91 Å². The van der Waals surface area contributed by atoms with Gasteiger partial charge in [-0.05, 0) is 24.3 Å². The molecule has 1 atom stereocenters. The van der Waals surface area contributed by atoms with E-state index in [0.29, 0.717) is 16.3 Å². The van der Waals surface area contributed by atoms with Crippen LogP contribution in [0.1, 0.15) is 5.56 Å². The van der Waals surface area contributed by atoms with Gasteiger partial charge < -0.3 is 24.0 Å². The number of dihydropyridines is 1. The van der Waals surface area contributed by atoms with Gasteiger partial charge >= 0.3 is 0 Å². The lowest BCUT2D eigenvalue weighted by atomic mass is 10.00. The van der Waals surface area contributed by atoms with Crippen LogP contribution in [0.2, 0.25) is 5.02 Å². The molecule has 0 fully saturated rings. The van der Waals surface area contributed by atoms with E-state index in [2.05, 4.69) is 4.99 Å².